The van der Waals surface area contributed by atoms with Gasteiger partial charge in [-0.1, -0.05) is 6.92 Å². The number of ether oxygens (including phenoxy) is 1. The highest BCUT2D eigenvalue weighted by molar-refractivity contribution is 5.98. The number of likely N-dealkylation sites (N-methyl/N-ethyl adjacent to an activating group) is 1. The Morgan fingerprint density at radius 2 is 2.26 bits per heavy atom. The van der Waals surface area contributed by atoms with Gasteiger partial charge in [0.15, 0.2) is 11.5 Å². The van der Waals surface area contributed by atoms with Crippen molar-refractivity contribution in [1.82, 2.24) is 14.7 Å². The summed E-state index contributed by atoms with van der Waals surface area (Å²) in [5.41, 5.74) is 0.628. The highest BCUT2D eigenvalue weighted by atomic mass is 16.5. The molecule has 19 heavy (non-hydrogen) atoms. The molecule has 5 nitrogen and oxygen atoms in total. The van der Waals surface area contributed by atoms with Crippen molar-refractivity contribution >= 4 is 5.78 Å². The smallest absolute Gasteiger partial charge is 0.187 e. The van der Waals surface area contributed by atoms with Crippen LogP contribution in [0.1, 0.15) is 30.3 Å². The first-order valence-electron chi connectivity index (χ1n) is 6.83. The third-order valence-electron chi connectivity index (χ3n) is 3.76. The van der Waals surface area contributed by atoms with Crippen LogP contribution in [0.2, 0.25) is 0 Å². The van der Waals surface area contributed by atoms with Crippen LogP contribution in [-0.4, -0.2) is 48.2 Å². The third-order valence-corrected chi connectivity index (χ3v) is 3.76. The zero-order valence-corrected chi connectivity index (χ0v) is 12.2. The molecule has 1 aliphatic rings. The van der Waals surface area contributed by atoms with Crippen LogP contribution in [0.25, 0.3) is 0 Å². The summed E-state index contributed by atoms with van der Waals surface area (Å²) in [7, 11) is 5.61. The maximum absolute atomic E-state index is 12.6. The van der Waals surface area contributed by atoms with Crippen molar-refractivity contribution in [3.8, 4) is 5.75 Å². The van der Waals surface area contributed by atoms with Crippen LogP contribution >= 0.6 is 0 Å². The molecule has 5 heteroatoms. The summed E-state index contributed by atoms with van der Waals surface area (Å²) in [6.07, 6.45) is 3.98. The Balaban J connectivity index is 2.19. The summed E-state index contributed by atoms with van der Waals surface area (Å²) in [6.45, 7) is 3.57. The van der Waals surface area contributed by atoms with Gasteiger partial charge in [0, 0.05) is 12.5 Å². The molecule has 1 aromatic rings. The Hall–Kier alpha value is -1.36. The van der Waals surface area contributed by atoms with Gasteiger partial charge in [-0.15, -0.1) is 0 Å². The number of aromatic nitrogens is 2. The van der Waals surface area contributed by atoms with E-state index in [0.29, 0.717) is 23.9 Å². The molecule has 2 rings (SSSR count). The van der Waals surface area contributed by atoms with Crippen LogP contribution in [0, 0.1) is 11.8 Å². The molecular weight excluding hydrogens is 242 g/mol. The molecule has 1 heterocycles. The molecule has 0 aromatic carbocycles. The Morgan fingerprint density at radius 3 is 2.79 bits per heavy atom. The van der Waals surface area contributed by atoms with Crippen LogP contribution in [0.15, 0.2) is 6.20 Å². The molecule has 0 bridgehead atoms. The van der Waals surface area contributed by atoms with E-state index >= 15 is 0 Å². The third kappa shape index (κ3) is 3.15. The highest BCUT2D eigenvalue weighted by Gasteiger charge is 2.35. The lowest BCUT2D eigenvalue weighted by molar-refractivity contribution is 0.0901. The molecular formula is C14H23N3O2. The maximum atomic E-state index is 12.6. The summed E-state index contributed by atoms with van der Waals surface area (Å²) >= 11 is 0. The summed E-state index contributed by atoms with van der Waals surface area (Å²) in [4.78, 5) is 14.7. The first-order valence-corrected chi connectivity index (χ1v) is 6.83. The van der Waals surface area contributed by atoms with Gasteiger partial charge in [-0.05, 0) is 32.9 Å². The van der Waals surface area contributed by atoms with Crippen molar-refractivity contribution in [3.63, 3.8) is 0 Å². The van der Waals surface area contributed by atoms with E-state index in [1.54, 1.807) is 18.0 Å². The van der Waals surface area contributed by atoms with Gasteiger partial charge in [0.05, 0.1) is 19.9 Å². The van der Waals surface area contributed by atoms with E-state index in [1.807, 2.05) is 21.0 Å². The SMILES string of the molecule is COc1cnn(CCN(C)C)c1C(=O)C(C)C1CC1. The first kappa shape index (κ1) is 14.1. The molecule has 1 fully saturated rings. The predicted octanol–water partition coefficient (Wildman–Crippen LogP) is 1.68. The molecule has 106 valence electrons. The zero-order valence-electron chi connectivity index (χ0n) is 12.2. The average molecular weight is 265 g/mol. The molecule has 1 unspecified atom stereocenters. The lowest BCUT2D eigenvalue weighted by atomic mass is 9.98. The highest BCUT2D eigenvalue weighted by Crippen LogP contribution is 2.39. The summed E-state index contributed by atoms with van der Waals surface area (Å²) < 4.78 is 7.06. The monoisotopic (exact) mass is 265 g/mol. The number of hydrogen-bond donors (Lipinski definition) is 0. The van der Waals surface area contributed by atoms with Gasteiger partial charge in [0.1, 0.15) is 5.69 Å². The second kappa shape index (κ2) is 5.74. The van der Waals surface area contributed by atoms with E-state index < -0.39 is 0 Å². The molecule has 0 radical (unpaired) electrons. The minimum Gasteiger partial charge on any atom is -0.493 e. The number of carbonyl (C=O) groups excluding carboxylic acids is 1. The van der Waals surface area contributed by atoms with E-state index in [-0.39, 0.29) is 11.7 Å². The van der Waals surface area contributed by atoms with Gasteiger partial charge in [-0.25, -0.2) is 0 Å². The minimum absolute atomic E-state index is 0.0729. The Labute approximate surface area is 114 Å². The van der Waals surface area contributed by atoms with Crippen molar-refractivity contribution < 1.29 is 9.53 Å². The zero-order chi connectivity index (χ0) is 14.0. The number of ketones is 1. The summed E-state index contributed by atoms with van der Waals surface area (Å²) in [5, 5.41) is 4.29. The second-order valence-corrected chi connectivity index (χ2v) is 5.58. The van der Waals surface area contributed by atoms with E-state index in [9.17, 15) is 4.79 Å². The van der Waals surface area contributed by atoms with E-state index in [4.69, 9.17) is 4.74 Å². The first-order chi connectivity index (χ1) is 9.04. The summed E-state index contributed by atoms with van der Waals surface area (Å²) in [5.74, 6) is 1.38. The number of carbonyl (C=O) groups is 1. The normalized spacial score (nSPS) is 16.7. The van der Waals surface area contributed by atoms with Gasteiger partial charge < -0.3 is 9.64 Å². The van der Waals surface area contributed by atoms with Crippen LogP contribution in [0.4, 0.5) is 0 Å². The Morgan fingerprint density at radius 1 is 1.58 bits per heavy atom. The minimum atomic E-state index is 0.0729. The van der Waals surface area contributed by atoms with Crippen LogP contribution < -0.4 is 4.74 Å². The van der Waals surface area contributed by atoms with Gasteiger partial charge >= 0.3 is 0 Å². The number of methoxy groups -OCH3 is 1. The Kier molecular flexibility index (Phi) is 4.24. The molecule has 1 aromatic heterocycles. The van der Waals surface area contributed by atoms with Gasteiger partial charge in [0.2, 0.25) is 0 Å². The number of rotatable bonds is 7. The van der Waals surface area contributed by atoms with E-state index in [0.717, 1.165) is 6.54 Å². The van der Waals surface area contributed by atoms with Crippen molar-refractivity contribution in [2.75, 3.05) is 27.7 Å². The fourth-order valence-electron chi connectivity index (χ4n) is 2.26. The maximum Gasteiger partial charge on any atom is 0.187 e. The van der Waals surface area contributed by atoms with E-state index in [1.165, 1.54) is 12.8 Å². The van der Waals surface area contributed by atoms with Gasteiger partial charge in [-0.2, -0.15) is 5.10 Å². The quantitative estimate of drug-likeness (QED) is 0.704. The lowest BCUT2D eigenvalue weighted by Gasteiger charge is -2.14. The Bertz CT molecular complexity index is 450. The summed E-state index contributed by atoms with van der Waals surface area (Å²) in [6, 6.07) is 0. The van der Waals surface area contributed by atoms with Crippen LogP contribution in [-0.2, 0) is 6.54 Å². The van der Waals surface area contributed by atoms with Crippen molar-refractivity contribution in [3.05, 3.63) is 11.9 Å². The lowest BCUT2D eigenvalue weighted by Crippen LogP contribution is -2.24. The topological polar surface area (TPSA) is 47.4 Å². The predicted molar refractivity (Wildman–Crippen MR) is 73.6 cm³/mol. The number of nitrogens with zero attached hydrogens (tertiary/aromatic N) is 3. The average Bonchev–Trinajstić information content (AvgIpc) is 3.14. The molecule has 0 amide bonds. The van der Waals surface area contributed by atoms with Crippen LogP contribution in [0.3, 0.4) is 0 Å². The van der Waals surface area contributed by atoms with Gasteiger partial charge in [-0.3, -0.25) is 9.48 Å². The van der Waals surface area contributed by atoms with Crippen molar-refractivity contribution in [2.45, 2.75) is 26.3 Å². The molecule has 1 saturated carbocycles. The largest absolute Gasteiger partial charge is 0.493 e. The molecule has 0 spiro atoms. The molecule has 1 atom stereocenters. The fourth-order valence-corrected chi connectivity index (χ4v) is 2.26. The fraction of sp³-hybridized carbons (Fsp3) is 0.714. The molecule has 0 saturated heterocycles. The second-order valence-electron chi connectivity index (χ2n) is 5.58. The van der Waals surface area contributed by atoms with Crippen molar-refractivity contribution in [2.24, 2.45) is 11.8 Å². The van der Waals surface area contributed by atoms with Crippen molar-refractivity contribution in [1.29, 1.82) is 0 Å². The molecule has 0 N–H and O–H groups in total. The standard InChI is InChI=1S/C14H23N3O2/c1-10(11-5-6-11)14(18)13-12(19-4)9-15-17(13)8-7-16(2)3/h9-11H,5-8H2,1-4H3. The van der Waals surface area contributed by atoms with Crippen LogP contribution in [0.5, 0.6) is 5.75 Å². The van der Waals surface area contributed by atoms with E-state index in [2.05, 4.69) is 10.00 Å². The van der Waals surface area contributed by atoms with Gasteiger partial charge in [0.25, 0.3) is 0 Å². The number of Topliss-reactive ketones (excluding diaryl/α,β-unsaturated/α-hetero) is 1. The molecule has 1 aliphatic carbocycles. The molecule has 0 aliphatic heterocycles. The number of hydrogen-bond acceptors (Lipinski definition) is 4.